The van der Waals surface area contributed by atoms with Crippen molar-refractivity contribution in [2.24, 2.45) is 0 Å². The van der Waals surface area contributed by atoms with E-state index in [-0.39, 0.29) is 18.3 Å². The van der Waals surface area contributed by atoms with Gasteiger partial charge in [0, 0.05) is 32.3 Å². The summed E-state index contributed by atoms with van der Waals surface area (Å²) in [5.74, 6) is 1.02. The highest BCUT2D eigenvalue weighted by atomic mass is 19.1. The Balaban J connectivity index is 1.67. The maximum atomic E-state index is 13.5. The fourth-order valence-electron chi connectivity index (χ4n) is 4.52. The van der Waals surface area contributed by atoms with Gasteiger partial charge in [0.25, 0.3) is 0 Å². The number of fused-ring (bicyclic) bond motifs is 2. The summed E-state index contributed by atoms with van der Waals surface area (Å²) >= 11 is 0. The Hall–Kier alpha value is -3.01. The number of benzene rings is 1. The zero-order valence-corrected chi connectivity index (χ0v) is 17.7. The van der Waals surface area contributed by atoms with E-state index < -0.39 is 11.6 Å². The number of likely N-dealkylation sites (tertiary alicyclic amines) is 1. The third-order valence-corrected chi connectivity index (χ3v) is 6.12. The molecule has 0 saturated carbocycles. The van der Waals surface area contributed by atoms with Crippen LogP contribution in [0.5, 0.6) is 0 Å². The number of methoxy groups -OCH3 is 2. The second-order valence-electron chi connectivity index (χ2n) is 7.96. The van der Waals surface area contributed by atoms with E-state index >= 15 is 0 Å². The number of rotatable bonds is 4. The van der Waals surface area contributed by atoms with Crippen LogP contribution < -0.4 is 0 Å². The Morgan fingerprint density at radius 3 is 2.45 bits per heavy atom. The summed E-state index contributed by atoms with van der Waals surface area (Å²) in [6.07, 6.45) is 1.20. The largest absolute Gasteiger partial charge is 0.453 e. The highest BCUT2D eigenvalue weighted by Gasteiger charge is 2.46. The van der Waals surface area contributed by atoms with Crippen molar-refractivity contribution < 1.29 is 23.5 Å². The summed E-state index contributed by atoms with van der Waals surface area (Å²) < 4.78 is 25.5. The summed E-state index contributed by atoms with van der Waals surface area (Å²) in [7, 11) is 2.93. The van der Waals surface area contributed by atoms with Gasteiger partial charge in [-0.3, -0.25) is 9.69 Å². The molecule has 0 N–H and O–H groups in total. The molecule has 1 aromatic heterocycles. The Bertz CT molecular complexity index is 953. The molecular formula is C21H26FN5O4. The van der Waals surface area contributed by atoms with Crippen LogP contribution in [0, 0.1) is 5.82 Å². The lowest BCUT2D eigenvalue weighted by Crippen LogP contribution is -2.57. The maximum Gasteiger partial charge on any atom is 0.409 e. The van der Waals surface area contributed by atoms with Crippen LogP contribution in [0.15, 0.2) is 24.3 Å². The minimum Gasteiger partial charge on any atom is -0.453 e. The van der Waals surface area contributed by atoms with Crippen molar-refractivity contribution in [2.75, 3.05) is 40.5 Å². The summed E-state index contributed by atoms with van der Waals surface area (Å²) in [5, 5.41) is 8.72. The van der Waals surface area contributed by atoms with Crippen LogP contribution in [-0.2, 0) is 26.4 Å². The Morgan fingerprint density at radius 1 is 1.10 bits per heavy atom. The highest BCUT2D eigenvalue weighted by molar-refractivity contribution is 5.76. The summed E-state index contributed by atoms with van der Waals surface area (Å²) in [5.41, 5.74) is 0.275. The first-order chi connectivity index (χ1) is 15.0. The lowest BCUT2D eigenvalue weighted by atomic mass is 9.84. The molecule has 1 aromatic carbocycles. The van der Waals surface area contributed by atoms with Crippen LogP contribution in [0.2, 0.25) is 0 Å². The molecule has 3 heterocycles. The van der Waals surface area contributed by atoms with E-state index in [1.807, 2.05) is 4.90 Å². The van der Waals surface area contributed by atoms with Crippen molar-refractivity contribution in [1.29, 1.82) is 0 Å². The molecule has 0 atom stereocenters. The number of carbonyl (C=O) groups is 2. The predicted octanol–water partition coefficient (Wildman–Crippen LogP) is 2.02. The molecule has 0 bridgehead atoms. The third-order valence-electron chi connectivity index (χ3n) is 6.12. The van der Waals surface area contributed by atoms with Gasteiger partial charge in [0.05, 0.1) is 32.2 Å². The van der Waals surface area contributed by atoms with Gasteiger partial charge in [-0.2, -0.15) is 0 Å². The number of nitrogens with zero attached hydrogens (tertiary/aromatic N) is 5. The van der Waals surface area contributed by atoms with Crippen LogP contribution in [0.3, 0.4) is 0 Å². The zero-order chi connectivity index (χ0) is 22.0. The average molecular weight is 431 g/mol. The molecule has 4 rings (SSSR count). The molecule has 9 nitrogen and oxygen atoms in total. The van der Waals surface area contributed by atoms with Crippen LogP contribution >= 0.6 is 0 Å². The molecule has 2 aliphatic heterocycles. The standard InChI is InChI=1S/C21H26FN5O4/c1-30-12-7-18(28)25-10-8-21(9-11-25)14-26(20(29)31-2)13-17-23-24-19(27(17)21)15-3-5-16(22)6-4-15/h3-6H,7-14H2,1-2H3. The fraction of sp³-hybridized carbons (Fsp3) is 0.524. The van der Waals surface area contributed by atoms with Gasteiger partial charge >= 0.3 is 6.09 Å². The summed E-state index contributed by atoms with van der Waals surface area (Å²) in [6.45, 7) is 2.20. The minimum atomic E-state index is -0.479. The third kappa shape index (κ3) is 3.99. The Kier molecular flexibility index (Phi) is 5.90. The van der Waals surface area contributed by atoms with Gasteiger partial charge < -0.3 is 18.9 Å². The van der Waals surface area contributed by atoms with Crippen molar-refractivity contribution in [1.82, 2.24) is 24.6 Å². The van der Waals surface area contributed by atoms with Gasteiger partial charge in [-0.25, -0.2) is 9.18 Å². The van der Waals surface area contributed by atoms with Crippen LogP contribution in [0.1, 0.15) is 25.1 Å². The number of piperidine rings is 1. The normalized spacial score (nSPS) is 17.5. The average Bonchev–Trinajstić information content (AvgIpc) is 3.23. The van der Waals surface area contributed by atoms with E-state index in [2.05, 4.69) is 14.8 Å². The number of hydrogen-bond donors (Lipinski definition) is 0. The molecule has 2 aromatic rings. The minimum absolute atomic E-state index is 0.0556. The number of aromatic nitrogens is 3. The summed E-state index contributed by atoms with van der Waals surface area (Å²) in [6, 6.07) is 6.14. The molecule has 166 valence electrons. The smallest absolute Gasteiger partial charge is 0.409 e. The number of hydrogen-bond acceptors (Lipinski definition) is 6. The second-order valence-corrected chi connectivity index (χ2v) is 7.96. The van der Waals surface area contributed by atoms with E-state index in [1.165, 1.54) is 19.2 Å². The van der Waals surface area contributed by atoms with Crippen LogP contribution in [0.25, 0.3) is 11.4 Å². The van der Waals surface area contributed by atoms with Gasteiger partial charge in [-0.15, -0.1) is 10.2 Å². The van der Waals surface area contributed by atoms with Crippen molar-refractivity contribution in [3.05, 3.63) is 35.9 Å². The molecule has 10 heteroatoms. The number of amides is 2. The first-order valence-electron chi connectivity index (χ1n) is 10.3. The second kappa shape index (κ2) is 8.62. The SMILES string of the molecule is COCCC(=O)N1CCC2(CC1)CN(C(=O)OC)Cc1nnc(-c3ccc(F)cc3)n12. The van der Waals surface area contributed by atoms with Crippen molar-refractivity contribution in [3.63, 3.8) is 0 Å². The van der Waals surface area contributed by atoms with Gasteiger partial charge in [0.15, 0.2) is 11.6 Å². The molecule has 2 aliphatic rings. The van der Waals surface area contributed by atoms with Gasteiger partial charge in [-0.05, 0) is 37.1 Å². The molecule has 0 aliphatic carbocycles. The van der Waals surface area contributed by atoms with E-state index in [0.717, 1.165) is 5.56 Å². The van der Waals surface area contributed by atoms with Gasteiger partial charge in [0.1, 0.15) is 5.82 Å². The Labute approximate surface area is 179 Å². The molecule has 1 fully saturated rings. The molecule has 31 heavy (non-hydrogen) atoms. The molecule has 0 radical (unpaired) electrons. The number of halogens is 1. The predicted molar refractivity (Wildman–Crippen MR) is 109 cm³/mol. The molecule has 2 amide bonds. The molecule has 0 unspecified atom stereocenters. The van der Waals surface area contributed by atoms with Gasteiger partial charge in [-0.1, -0.05) is 0 Å². The van der Waals surface area contributed by atoms with Crippen LogP contribution in [0.4, 0.5) is 9.18 Å². The Morgan fingerprint density at radius 2 is 1.81 bits per heavy atom. The number of carbonyl (C=O) groups excluding carboxylic acids is 2. The lowest BCUT2D eigenvalue weighted by molar-refractivity contribution is -0.134. The lowest BCUT2D eigenvalue weighted by Gasteiger charge is -2.48. The van der Waals surface area contributed by atoms with Gasteiger partial charge in [0.2, 0.25) is 5.91 Å². The molecular weight excluding hydrogens is 405 g/mol. The zero-order valence-electron chi connectivity index (χ0n) is 17.7. The van der Waals surface area contributed by atoms with E-state index in [0.29, 0.717) is 57.2 Å². The van der Waals surface area contributed by atoms with E-state index in [9.17, 15) is 14.0 Å². The van der Waals surface area contributed by atoms with E-state index in [1.54, 1.807) is 24.1 Å². The maximum absolute atomic E-state index is 13.5. The summed E-state index contributed by atoms with van der Waals surface area (Å²) in [4.78, 5) is 28.3. The number of ether oxygens (including phenoxy) is 2. The fourth-order valence-corrected chi connectivity index (χ4v) is 4.52. The molecule has 1 saturated heterocycles. The first-order valence-corrected chi connectivity index (χ1v) is 10.3. The van der Waals surface area contributed by atoms with Crippen molar-refractivity contribution >= 4 is 12.0 Å². The van der Waals surface area contributed by atoms with Crippen molar-refractivity contribution in [2.45, 2.75) is 31.3 Å². The monoisotopic (exact) mass is 431 g/mol. The van der Waals surface area contributed by atoms with Crippen LogP contribution in [-0.4, -0.2) is 77.0 Å². The molecule has 1 spiro atoms. The van der Waals surface area contributed by atoms with Crippen molar-refractivity contribution in [3.8, 4) is 11.4 Å². The van der Waals surface area contributed by atoms with E-state index in [4.69, 9.17) is 9.47 Å². The topological polar surface area (TPSA) is 89.8 Å². The first kappa shape index (κ1) is 21.2. The highest BCUT2D eigenvalue weighted by Crippen LogP contribution is 2.39. The quantitative estimate of drug-likeness (QED) is 0.736.